The van der Waals surface area contributed by atoms with E-state index in [4.69, 9.17) is 59.9 Å². The zero-order valence-corrected chi connectivity index (χ0v) is 79.5. The maximum Gasteiger partial charge on any atom is 0.356 e. The molecular weight excluding hydrogens is 1640 g/mol. The van der Waals surface area contributed by atoms with Crippen LogP contribution in [-0.4, -0.2) is 144 Å². The van der Waals surface area contributed by atoms with Crippen molar-refractivity contribution in [2.24, 2.45) is 0 Å². The summed E-state index contributed by atoms with van der Waals surface area (Å²) in [7, 11) is -11.2. The Balaban J connectivity index is 0.000000475. The number of aromatic nitrogens is 12. The second-order valence-electron chi connectivity index (χ2n) is 31.5. The molecule has 0 aliphatic carbocycles. The molecule has 0 saturated carbocycles. The molecule has 0 fully saturated rings. The van der Waals surface area contributed by atoms with Crippen molar-refractivity contribution in [3.05, 3.63) is 135 Å². The Kier molecular flexibility index (Phi) is 69.5. The third-order valence-electron chi connectivity index (χ3n) is 20.2. The average molecular weight is 1800 g/mol. The van der Waals surface area contributed by atoms with Crippen molar-refractivity contribution in [1.82, 2.24) is 58.6 Å². The molecule has 6 heterocycles. The lowest BCUT2D eigenvalue weighted by molar-refractivity contribution is 0.121. The van der Waals surface area contributed by atoms with E-state index < -0.39 is 29.1 Å². The largest absolute Gasteiger partial charge is 0.396 e. The maximum absolute atomic E-state index is 13.7. The zero-order valence-electron chi connectivity index (χ0n) is 76.8. The molecule has 28 nitrogen and oxygen atoms in total. The van der Waals surface area contributed by atoms with Crippen molar-refractivity contribution < 1.29 is 61.3 Å². The smallest absolute Gasteiger partial charge is 0.356 e. The highest BCUT2D eigenvalue weighted by Crippen LogP contribution is 2.49. The van der Waals surface area contributed by atoms with E-state index in [1.807, 2.05) is 4.57 Å². The minimum atomic E-state index is -4.12. The number of aliphatic hydroxyl groups excluding tert-OH is 1. The standard InChI is InChI=1S/C43H74N5O4P.C25H42N5O4P.C18H34O.C8H12N5O4P/c1-3-5-7-9-11-13-15-17-19-21-23-25-27-29-31-33-36-52-53(49,40-50-37-34-48-39-47-41-42(44)45-38-46-43(41)48)51-35-32-30-28-26-24-22-20-18-16-14-12-10-8-6-4-2;1-2-3-4-5-6-7-8-9-10-11-12-13-14-15-16-18-34-35(31,32)22-33-19-17-30-21-29-23-24(26)27-20-28-25(23)30;1-2-3-4-5-6-7-8-9-10-11-12-13-14-15-16-17-18-19;9-7-6-8(11-3-10-7)13(4-12-6)1-2-17-5-18(14,15)16/h10-13,16-19,38-39H,3-9,14-15,20-37,40H2,1-2H3,(H2,44,45,46);5-6,8-9,20-21H,2-4,7,10-19,22H2,1H3,(H,31,32)(H2,26,27,28);6-7,9-10,19H,2-5,8,11-18H2,1H3;3-4H,1-2,5H2,(H2,9,10,11)(H2,14,15,16)/b12-10-,13-11-,18-16-,19-17-;6-5-,9-8-;7-6-,10-9-;. The summed E-state index contributed by atoms with van der Waals surface area (Å²) in [6, 6.07) is 0. The Morgan fingerprint density at radius 1 is 0.304 bits per heavy atom. The number of aliphatic hydroxyl groups is 1. The third-order valence-corrected chi connectivity index (χ3v) is 23.5. The molecule has 0 spiro atoms. The molecule has 2 unspecified atom stereocenters. The van der Waals surface area contributed by atoms with E-state index in [-0.39, 0.29) is 38.3 Å². The highest BCUT2D eigenvalue weighted by atomic mass is 31.2. The number of nitrogen functional groups attached to an aromatic ring is 3. The van der Waals surface area contributed by atoms with E-state index in [0.29, 0.717) is 91.2 Å². The predicted octanol–water partition coefficient (Wildman–Crippen LogP) is 24.2. The van der Waals surface area contributed by atoms with Crippen LogP contribution < -0.4 is 17.2 Å². The number of allylic oxidation sites excluding steroid dienone is 16. The highest BCUT2D eigenvalue weighted by molar-refractivity contribution is 7.53. The number of unbranched alkanes of at least 4 members (excludes halogenated alkanes) is 34. The first kappa shape index (κ1) is 112. The van der Waals surface area contributed by atoms with Gasteiger partial charge in [-0.15, -0.1) is 0 Å². The van der Waals surface area contributed by atoms with Gasteiger partial charge < -0.3 is 78.5 Å². The molecule has 706 valence electrons. The molecule has 6 aromatic heterocycles. The van der Waals surface area contributed by atoms with Gasteiger partial charge in [0.1, 0.15) is 54.6 Å². The summed E-state index contributed by atoms with van der Waals surface area (Å²) < 4.78 is 74.8. The van der Waals surface area contributed by atoms with Crippen LogP contribution >= 0.6 is 22.8 Å². The predicted molar refractivity (Wildman–Crippen MR) is 514 cm³/mol. The Morgan fingerprint density at radius 2 is 0.568 bits per heavy atom. The summed E-state index contributed by atoms with van der Waals surface area (Å²) in [6.07, 6.45) is 98.8. The number of anilines is 3. The van der Waals surface area contributed by atoms with Crippen molar-refractivity contribution in [2.45, 2.75) is 343 Å². The molecule has 0 radical (unpaired) electrons. The zero-order chi connectivity index (χ0) is 90.3. The van der Waals surface area contributed by atoms with Gasteiger partial charge in [0.15, 0.2) is 34.4 Å². The monoisotopic (exact) mass is 1800 g/mol. The van der Waals surface area contributed by atoms with Gasteiger partial charge in [-0.05, 0) is 141 Å². The van der Waals surface area contributed by atoms with Gasteiger partial charge in [-0.25, -0.2) is 44.9 Å². The molecule has 10 N–H and O–H groups in total. The Bertz CT molecular complexity index is 4010. The first-order valence-electron chi connectivity index (χ1n) is 47.2. The third kappa shape index (κ3) is 60.7. The second kappa shape index (κ2) is 77.2. The molecule has 6 aromatic rings. The van der Waals surface area contributed by atoms with Gasteiger partial charge in [0.05, 0.1) is 58.6 Å². The van der Waals surface area contributed by atoms with Gasteiger partial charge >= 0.3 is 22.8 Å². The number of imidazole rings is 3. The molecule has 0 aliphatic heterocycles. The lowest BCUT2D eigenvalue weighted by Crippen LogP contribution is -2.10. The van der Waals surface area contributed by atoms with Crippen molar-refractivity contribution in [2.75, 3.05) is 82.5 Å². The first-order valence-corrected chi connectivity index (χ1v) is 52.5. The SMILES string of the molecule is CCCC/C=C\C/C=C\CCCCCCCCOP(=O)(COCCn1cnc2c(N)ncnc21)OCCCCCCCC/C=C\C/C=C\CCCCC.CCCC/C=C\C/C=C\CCCCCCCCOP(=O)(O)COCCn1cnc2c(N)ncnc21.CCCCC/C=C\C/C=C\CCCCCCCCO.Nc1ncnc2c1ncn2CCOCP(=O)(O)O. The van der Waals surface area contributed by atoms with E-state index in [1.54, 1.807) is 21.8 Å². The Labute approximate surface area is 749 Å². The second-order valence-corrected chi connectivity index (χ2v) is 36.9. The van der Waals surface area contributed by atoms with Crippen molar-refractivity contribution >= 4 is 73.7 Å². The van der Waals surface area contributed by atoms with Crippen LogP contribution in [0.25, 0.3) is 33.5 Å². The number of nitrogens with zero attached hydrogens (tertiary/aromatic N) is 12. The molecular formula is C94H162N15O13P3. The van der Waals surface area contributed by atoms with Crippen molar-refractivity contribution in [1.29, 1.82) is 0 Å². The minimum absolute atomic E-state index is 0.0685. The molecule has 2 atom stereocenters. The van der Waals surface area contributed by atoms with E-state index in [2.05, 4.69) is 170 Å². The Hall–Kier alpha value is -6.74. The topological polar surface area (TPSA) is 396 Å². The molecule has 31 heteroatoms. The number of nitrogens with two attached hydrogens (primary N) is 3. The Morgan fingerprint density at radius 3 is 0.872 bits per heavy atom. The average Bonchev–Trinajstić information content (AvgIpc) is 1.69. The fourth-order valence-electron chi connectivity index (χ4n) is 13.0. The van der Waals surface area contributed by atoms with E-state index in [0.717, 1.165) is 109 Å². The number of fused-ring (bicyclic) bond motifs is 3. The van der Waals surface area contributed by atoms with Crippen LogP contribution in [0.3, 0.4) is 0 Å². The number of hydrogen-bond acceptors (Lipinski definition) is 22. The molecule has 125 heavy (non-hydrogen) atoms. The molecule has 0 aromatic carbocycles. The van der Waals surface area contributed by atoms with Crippen molar-refractivity contribution in [3.8, 4) is 0 Å². The quantitative estimate of drug-likeness (QED) is 0.0106. The number of rotatable bonds is 75. The van der Waals surface area contributed by atoms with Crippen LogP contribution in [0.4, 0.5) is 17.5 Å². The van der Waals surface area contributed by atoms with Gasteiger partial charge in [0.25, 0.3) is 0 Å². The van der Waals surface area contributed by atoms with Crippen LogP contribution in [0.5, 0.6) is 0 Å². The molecule has 0 saturated heterocycles. The molecule has 0 bridgehead atoms. The van der Waals surface area contributed by atoms with E-state index in [9.17, 15) is 18.6 Å². The summed E-state index contributed by atoms with van der Waals surface area (Å²) in [4.78, 5) is 63.9. The normalized spacial score (nSPS) is 13.2. The van der Waals surface area contributed by atoms with Crippen molar-refractivity contribution in [3.63, 3.8) is 0 Å². The summed E-state index contributed by atoms with van der Waals surface area (Å²) >= 11 is 0. The van der Waals surface area contributed by atoms with Gasteiger partial charge in [0.2, 0.25) is 0 Å². The molecule has 0 aliphatic rings. The summed E-state index contributed by atoms with van der Waals surface area (Å²) in [5.41, 5.74) is 20.7. The van der Waals surface area contributed by atoms with Crippen LogP contribution in [-0.2, 0) is 61.1 Å². The van der Waals surface area contributed by atoms with Crippen LogP contribution in [0.15, 0.2) is 135 Å². The molecule has 6 rings (SSSR count). The maximum atomic E-state index is 13.7. The van der Waals surface area contributed by atoms with Crippen LogP contribution in [0.1, 0.15) is 323 Å². The van der Waals surface area contributed by atoms with Crippen LogP contribution in [0, 0.1) is 0 Å². The van der Waals surface area contributed by atoms with Gasteiger partial charge in [-0.1, -0.05) is 279 Å². The lowest BCUT2D eigenvalue weighted by atomic mass is 10.1. The first-order chi connectivity index (χ1) is 61.0. The van der Waals surface area contributed by atoms with Gasteiger partial charge in [0, 0.05) is 26.2 Å². The van der Waals surface area contributed by atoms with Gasteiger partial charge in [-0.2, -0.15) is 0 Å². The van der Waals surface area contributed by atoms with Gasteiger partial charge in [-0.3, -0.25) is 13.7 Å². The fraction of sp³-hybridized carbons (Fsp3) is 0.670. The highest BCUT2D eigenvalue weighted by Gasteiger charge is 2.26. The number of ether oxygens (including phenoxy) is 3. The van der Waals surface area contributed by atoms with E-state index >= 15 is 0 Å². The summed E-state index contributed by atoms with van der Waals surface area (Å²) in [5, 5.41) is 8.66. The molecule has 0 amide bonds. The minimum Gasteiger partial charge on any atom is -0.396 e. The lowest BCUT2D eigenvalue weighted by Gasteiger charge is -2.19. The fourth-order valence-corrected chi connectivity index (χ4v) is 15.6. The number of hydrogen-bond donors (Lipinski definition) is 7. The van der Waals surface area contributed by atoms with Crippen LogP contribution in [0.2, 0.25) is 0 Å². The summed E-state index contributed by atoms with van der Waals surface area (Å²) in [6.45, 7) is 12.4. The summed E-state index contributed by atoms with van der Waals surface area (Å²) in [5.74, 6) is 0.950. The van der Waals surface area contributed by atoms with E-state index in [1.165, 1.54) is 212 Å².